The van der Waals surface area contributed by atoms with E-state index < -0.39 is 30.7 Å². The van der Waals surface area contributed by atoms with E-state index >= 15 is 0 Å². The van der Waals surface area contributed by atoms with E-state index in [1.54, 1.807) is 25.2 Å². The number of hydrogen-bond acceptors (Lipinski definition) is 8. The largest absolute Gasteiger partial charge is 0.353 e. The molecule has 0 aliphatic carbocycles. The van der Waals surface area contributed by atoms with Gasteiger partial charge in [-0.25, -0.2) is 29.3 Å². The van der Waals surface area contributed by atoms with E-state index in [9.17, 15) is 0 Å². The van der Waals surface area contributed by atoms with Gasteiger partial charge < -0.3 is 9.47 Å². The molecular formula is C16H26O8. The number of ether oxygens (including phenoxy) is 2. The number of methoxy groups -OCH3 is 1. The Bertz CT molecular complexity index is 375. The zero-order valence-corrected chi connectivity index (χ0v) is 14.1. The minimum Gasteiger partial charge on any atom is -0.353 e. The van der Waals surface area contributed by atoms with Crippen LogP contribution in [0.25, 0.3) is 0 Å². The van der Waals surface area contributed by atoms with Crippen LogP contribution < -0.4 is 0 Å². The smallest absolute Gasteiger partial charge is 0.189 e. The lowest BCUT2D eigenvalue weighted by atomic mass is 10.00. The van der Waals surface area contributed by atoms with Crippen molar-refractivity contribution in [2.45, 2.75) is 37.6 Å². The van der Waals surface area contributed by atoms with Crippen LogP contribution >= 0.6 is 0 Å². The van der Waals surface area contributed by atoms with Gasteiger partial charge in [-0.3, -0.25) is 0 Å². The highest BCUT2D eigenvalue weighted by Gasteiger charge is 2.49. The maximum absolute atomic E-state index is 5.72. The van der Waals surface area contributed by atoms with Crippen LogP contribution in [-0.4, -0.2) is 57.6 Å². The first-order chi connectivity index (χ1) is 11.7. The van der Waals surface area contributed by atoms with E-state index in [-0.39, 0.29) is 19.8 Å². The average molecular weight is 346 g/mol. The molecule has 1 aliphatic rings. The van der Waals surface area contributed by atoms with Crippen molar-refractivity contribution in [3.8, 4) is 0 Å². The van der Waals surface area contributed by atoms with E-state index in [4.69, 9.17) is 38.8 Å². The SMILES string of the molecule is C=CCOOC1[C@@H](OC)O[C@H](C)[C@@H](OOCC=C)[C@@H]1OOCC=C. The maximum atomic E-state index is 5.72. The number of rotatable bonds is 13. The normalized spacial score (nSPS) is 30.0. The Morgan fingerprint density at radius 1 is 0.792 bits per heavy atom. The lowest BCUT2D eigenvalue weighted by Crippen LogP contribution is -2.60. The molecule has 0 bridgehead atoms. The molecule has 0 saturated carbocycles. The Labute approximate surface area is 142 Å². The Kier molecular flexibility index (Phi) is 10.7. The first kappa shape index (κ1) is 20.9. The van der Waals surface area contributed by atoms with Gasteiger partial charge in [-0.1, -0.05) is 18.2 Å². The maximum Gasteiger partial charge on any atom is 0.189 e. The summed E-state index contributed by atoms with van der Waals surface area (Å²) < 4.78 is 11.0. The van der Waals surface area contributed by atoms with Crippen LogP contribution in [0.3, 0.4) is 0 Å². The summed E-state index contributed by atoms with van der Waals surface area (Å²) in [5, 5.41) is 0. The van der Waals surface area contributed by atoms with Gasteiger partial charge in [0.1, 0.15) is 19.8 Å². The molecule has 0 radical (unpaired) electrons. The third-order valence-electron chi connectivity index (χ3n) is 3.05. The van der Waals surface area contributed by atoms with Crippen molar-refractivity contribution in [3.63, 3.8) is 0 Å². The van der Waals surface area contributed by atoms with E-state index in [0.717, 1.165) is 0 Å². The van der Waals surface area contributed by atoms with E-state index in [1.165, 1.54) is 7.11 Å². The van der Waals surface area contributed by atoms with Crippen LogP contribution in [0.15, 0.2) is 38.0 Å². The zero-order chi connectivity index (χ0) is 17.8. The fraction of sp³-hybridized carbons (Fsp3) is 0.625. The van der Waals surface area contributed by atoms with Crippen LogP contribution in [0.1, 0.15) is 6.92 Å². The summed E-state index contributed by atoms with van der Waals surface area (Å²) in [6.45, 7) is 13.0. The van der Waals surface area contributed by atoms with Gasteiger partial charge in [0.15, 0.2) is 24.6 Å². The molecule has 1 aliphatic heterocycles. The molecule has 8 nitrogen and oxygen atoms in total. The van der Waals surface area contributed by atoms with E-state index in [0.29, 0.717) is 0 Å². The summed E-state index contributed by atoms with van der Waals surface area (Å²) >= 11 is 0. The van der Waals surface area contributed by atoms with Crippen molar-refractivity contribution in [1.82, 2.24) is 0 Å². The Balaban J connectivity index is 2.84. The van der Waals surface area contributed by atoms with Crippen LogP contribution in [0.2, 0.25) is 0 Å². The minimum absolute atomic E-state index is 0.182. The quantitative estimate of drug-likeness (QED) is 0.217. The van der Waals surface area contributed by atoms with Crippen molar-refractivity contribution in [1.29, 1.82) is 0 Å². The Morgan fingerprint density at radius 2 is 1.25 bits per heavy atom. The summed E-state index contributed by atoms with van der Waals surface area (Å²) in [5.41, 5.74) is 0. The van der Waals surface area contributed by atoms with Gasteiger partial charge in [0.2, 0.25) is 0 Å². The molecule has 138 valence electrons. The van der Waals surface area contributed by atoms with Gasteiger partial charge in [0.25, 0.3) is 0 Å². The minimum atomic E-state index is -0.784. The molecule has 0 aromatic carbocycles. The molecule has 0 N–H and O–H groups in total. The molecule has 8 heteroatoms. The van der Waals surface area contributed by atoms with Crippen molar-refractivity contribution in [3.05, 3.63) is 38.0 Å². The fourth-order valence-electron chi connectivity index (χ4n) is 2.01. The Morgan fingerprint density at radius 3 is 1.71 bits per heavy atom. The second kappa shape index (κ2) is 12.3. The van der Waals surface area contributed by atoms with Gasteiger partial charge in [0, 0.05) is 7.11 Å². The van der Waals surface area contributed by atoms with Crippen LogP contribution in [0.4, 0.5) is 0 Å². The molecule has 0 amide bonds. The van der Waals surface area contributed by atoms with Crippen molar-refractivity contribution in [2.24, 2.45) is 0 Å². The predicted molar refractivity (Wildman–Crippen MR) is 84.4 cm³/mol. The number of hydrogen-bond donors (Lipinski definition) is 0. The van der Waals surface area contributed by atoms with Gasteiger partial charge in [-0.05, 0) is 6.92 Å². The second-order valence-corrected chi connectivity index (χ2v) is 4.85. The molecule has 0 aromatic rings. The van der Waals surface area contributed by atoms with Crippen molar-refractivity contribution >= 4 is 0 Å². The fourth-order valence-corrected chi connectivity index (χ4v) is 2.01. The second-order valence-electron chi connectivity index (χ2n) is 4.85. The lowest BCUT2D eigenvalue weighted by molar-refractivity contribution is -0.470. The van der Waals surface area contributed by atoms with Crippen molar-refractivity contribution < 1.29 is 38.8 Å². The third-order valence-corrected chi connectivity index (χ3v) is 3.05. The summed E-state index contributed by atoms with van der Waals surface area (Å²) in [6.07, 6.45) is 1.29. The topological polar surface area (TPSA) is 73.8 Å². The molecule has 1 heterocycles. The zero-order valence-electron chi connectivity index (χ0n) is 14.1. The van der Waals surface area contributed by atoms with Crippen LogP contribution in [0.5, 0.6) is 0 Å². The lowest BCUT2D eigenvalue weighted by Gasteiger charge is -2.41. The van der Waals surface area contributed by atoms with Crippen LogP contribution in [0, 0.1) is 0 Å². The molecule has 1 fully saturated rings. The van der Waals surface area contributed by atoms with Gasteiger partial charge in [0.05, 0.1) is 6.10 Å². The van der Waals surface area contributed by atoms with E-state index in [1.807, 2.05) is 0 Å². The summed E-state index contributed by atoms with van der Waals surface area (Å²) in [7, 11) is 1.48. The standard InChI is InChI=1S/C16H26O8/c1-6-9-18-22-13-12(4)21-16(17-5)15(24-20-11-8-3)14(13)23-19-10-7-2/h6-8,12-16H,1-3,9-11H2,4-5H3/t12-,13-,14+,15?,16+/m1/s1. The molecular weight excluding hydrogens is 320 g/mol. The molecule has 1 unspecified atom stereocenters. The highest BCUT2D eigenvalue weighted by atomic mass is 17.2. The van der Waals surface area contributed by atoms with Crippen LogP contribution in [-0.2, 0) is 38.8 Å². The summed E-state index contributed by atoms with van der Waals surface area (Å²) in [5.74, 6) is 0. The summed E-state index contributed by atoms with van der Waals surface area (Å²) in [4.78, 5) is 31.4. The van der Waals surface area contributed by atoms with Gasteiger partial charge in [-0.2, -0.15) is 0 Å². The molecule has 5 atom stereocenters. The first-order valence-electron chi connectivity index (χ1n) is 7.55. The highest BCUT2D eigenvalue weighted by molar-refractivity contribution is 4.89. The first-order valence-corrected chi connectivity index (χ1v) is 7.55. The van der Waals surface area contributed by atoms with E-state index in [2.05, 4.69) is 19.7 Å². The molecule has 1 rings (SSSR count). The monoisotopic (exact) mass is 346 g/mol. The third kappa shape index (κ3) is 6.42. The van der Waals surface area contributed by atoms with Gasteiger partial charge in [-0.15, -0.1) is 19.7 Å². The molecule has 0 aromatic heterocycles. The van der Waals surface area contributed by atoms with Gasteiger partial charge >= 0.3 is 0 Å². The predicted octanol–water partition coefficient (Wildman–Crippen LogP) is 1.89. The molecule has 1 saturated heterocycles. The molecule has 0 spiro atoms. The summed E-state index contributed by atoms with van der Waals surface area (Å²) in [6, 6.07) is 0. The molecule has 24 heavy (non-hydrogen) atoms. The highest BCUT2D eigenvalue weighted by Crippen LogP contribution is 2.29. The average Bonchev–Trinajstić information content (AvgIpc) is 2.58. The Hall–Kier alpha value is -1.10. The van der Waals surface area contributed by atoms with Crippen molar-refractivity contribution in [2.75, 3.05) is 26.9 Å².